The Morgan fingerprint density at radius 1 is 1.02 bits per heavy atom. The molecular weight excluding hydrogens is 564 g/mol. The van der Waals surface area contributed by atoms with E-state index >= 15 is 0 Å². The zero-order chi connectivity index (χ0) is 31.9. The number of benzene rings is 2. The maximum Gasteiger partial charge on any atom is 0.235 e. The Balaban J connectivity index is 1.45. The van der Waals surface area contributed by atoms with E-state index < -0.39 is 64.7 Å². The zero-order valence-corrected chi connectivity index (χ0v) is 24.9. The summed E-state index contributed by atoms with van der Waals surface area (Å²) >= 11 is 0. The number of aromatic hydroxyl groups is 1. The lowest BCUT2D eigenvalue weighted by molar-refractivity contribution is -0.175. The highest BCUT2D eigenvalue weighted by Crippen LogP contribution is 2.51. The lowest BCUT2D eigenvalue weighted by Crippen LogP contribution is -2.68. The number of phenolic OH excluding ortho intramolecular Hbond substituents is 1. The lowest BCUT2D eigenvalue weighted by atomic mass is 9.53. The van der Waals surface area contributed by atoms with Crippen molar-refractivity contribution < 1.29 is 39.0 Å². The van der Waals surface area contributed by atoms with Crippen molar-refractivity contribution in [2.75, 3.05) is 0 Å². The first-order chi connectivity index (χ1) is 20.6. The van der Waals surface area contributed by atoms with Gasteiger partial charge in [-0.25, -0.2) is 0 Å². The number of nitrogens with two attached hydrogens (primary N) is 1. The first kappa shape index (κ1) is 29.9. The molecule has 3 fully saturated rings. The molecule has 0 radical (unpaired) electrons. The van der Waals surface area contributed by atoms with Crippen molar-refractivity contribution in [1.29, 1.82) is 0 Å². The fourth-order valence-electron chi connectivity index (χ4n) is 7.30. The molecule has 3 saturated carbocycles. The molecule has 2 aromatic carbocycles. The fourth-order valence-corrected chi connectivity index (χ4v) is 7.30. The van der Waals surface area contributed by atoms with Crippen LogP contribution in [-0.4, -0.2) is 50.8 Å². The molecule has 0 saturated heterocycles. The molecule has 44 heavy (non-hydrogen) atoms. The highest BCUT2D eigenvalue weighted by Gasteiger charge is 2.66. The summed E-state index contributed by atoms with van der Waals surface area (Å²) in [6, 6.07) is 9.62. The third-order valence-electron chi connectivity index (χ3n) is 9.94. The first-order valence-electron chi connectivity index (χ1n) is 15.1. The molecule has 230 valence electrons. The summed E-state index contributed by atoms with van der Waals surface area (Å²) in [5, 5.41) is 25.8. The minimum atomic E-state index is -2.71. The summed E-state index contributed by atoms with van der Waals surface area (Å²) in [4.78, 5) is 78.4. The monoisotopic (exact) mass is 600 g/mol. The van der Waals surface area contributed by atoms with Gasteiger partial charge in [0.25, 0.3) is 0 Å². The van der Waals surface area contributed by atoms with Crippen molar-refractivity contribution in [3.05, 3.63) is 52.6 Å². The van der Waals surface area contributed by atoms with Gasteiger partial charge in [-0.2, -0.15) is 0 Å². The summed E-state index contributed by atoms with van der Waals surface area (Å²) in [6.45, 7) is 6.25. The normalized spacial score (nSPS) is 28.2. The van der Waals surface area contributed by atoms with Crippen molar-refractivity contribution in [2.45, 2.75) is 70.4 Å². The van der Waals surface area contributed by atoms with Crippen molar-refractivity contribution in [3.63, 3.8) is 0 Å². The third-order valence-corrected chi connectivity index (χ3v) is 9.94. The number of amides is 2. The van der Waals surface area contributed by atoms with Gasteiger partial charge in [-0.3, -0.25) is 28.8 Å². The fraction of sp³-hybridized carbons (Fsp3) is 0.471. The van der Waals surface area contributed by atoms with Crippen LogP contribution in [0.1, 0.15) is 73.5 Å². The van der Waals surface area contributed by atoms with Gasteiger partial charge in [-0.05, 0) is 65.3 Å². The molecule has 2 aromatic rings. The number of rotatable bonds is 5. The predicted molar refractivity (Wildman–Crippen MR) is 157 cm³/mol. The summed E-state index contributed by atoms with van der Waals surface area (Å²) in [6.07, 6.45) is 1.38. The van der Waals surface area contributed by atoms with E-state index in [-0.39, 0.29) is 47.9 Å². The SMILES string of the molecule is CC(C)(C)c1ccc(-c2cc(CNC(=O)C3CC3)c(O)c3c2C[C@H]2C[C@H]4CC(=O)C(C(N)=O)C(=O)[C@@]4(O)C(=O)C2C3=O)cc1. The summed E-state index contributed by atoms with van der Waals surface area (Å²) < 4.78 is 0. The number of fused-ring (bicyclic) bond motifs is 3. The molecule has 2 amide bonds. The Morgan fingerprint density at radius 3 is 2.27 bits per heavy atom. The number of hydrogen-bond acceptors (Lipinski definition) is 8. The Hall–Kier alpha value is -4.18. The van der Waals surface area contributed by atoms with Crippen LogP contribution in [0, 0.1) is 29.6 Å². The second-order valence-corrected chi connectivity index (χ2v) is 13.8. The molecule has 4 aliphatic carbocycles. The minimum Gasteiger partial charge on any atom is -0.507 e. The molecule has 0 spiro atoms. The summed E-state index contributed by atoms with van der Waals surface area (Å²) in [5.74, 6) is -10.8. The molecule has 0 aliphatic heterocycles. The topological polar surface area (TPSA) is 181 Å². The number of hydrogen-bond donors (Lipinski definition) is 4. The van der Waals surface area contributed by atoms with Gasteiger partial charge in [0.1, 0.15) is 5.75 Å². The summed E-state index contributed by atoms with van der Waals surface area (Å²) in [7, 11) is 0. The summed E-state index contributed by atoms with van der Waals surface area (Å²) in [5.41, 5.74) is 5.75. The standard InChI is InChI=1S/C34H36N2O8/c1-33(2,3)19-8-6-15(7-9-19)21-12-18(14-36-32(43)16-4-5-16)27(38)25-22(21)11-17-10-20-13-23(37)26(31(35)42)30(41)34(20,44)29(40)24(17)28(25)39/h6-9,12,16-17,20,24,26,38,44H,4-5,10-11,13-14H2,1-3H3,(H2,35,42)(H,36,43)/t17-,20+,24?,26?,34+/m1/s1. The molecular formula is C34H36N2O8. The smallest absolute Gasteiger partial charge is 0.235 e. The Kier molecular flexibility index (Phi) is 6.92. The molecule has 5 atom stereocenters. The average Bonchev–Trinajstić information content (AvgIpc) is 3.80. The number of carbonyl (C=O) groups is 6. The molecule has 0 bridgehead atoms. The van der Waals surface area contributed by atoms with Gasteiger partial charge < -0.3 is 21.3 Å². The maximum absolute atomic E-state index is 14.2. The Labute approximate surface area is 254 Å². The van der Waals surface area contributed by atoms with Gasteiger partial charge in [0.2, 0.25) is 11.8 Å². The van der Waals surface area contributed by atoms with E-state index in [0.29, 0.717) is 16.7 Å². The quantitative estimate of drug-likeness (QED) is 0.377. The van der Waals surface area contributed by atoms with E-state index in [1.807, 2.05) is 24.3 Å². The molecule has 0 heterocycles. The van der Waals surface area contributed by atoms with Crippen LogP contribution in [0.3, 0.4) is 0 Å². The maximum atomic E-state index is 14.2. The van der Waals surface area contributed by atoms with E-state index in [9.17, 15) is 39.0 Å². The van der Waals surface area contributed by atoms with Gasteiger partial charge >= 0.3 is 0 Å². The van der Waals surface area contributed by atoms with E-state index in [0.717, 1.165) is 24.0 Å². The van der Waals surface area contributed by atoms with E-state index in [1.54, 1.807) is 6.07 Å². The van der Waals surface area contributed by atoms with E-state index in [4.69, 9.17) is 5.73 Å². The van der Waals surface area contributed by atoms with Crippen LogP contribution in [0.2, 0.25) is 0 Å². The molecule has 10 nitrogen and oxygen atoms in total. The van der Waals surface area contributed by atoms with Crippen LogP contribution >= 0.6 is 0 Å². The van der Waals surface area contributed by atoms with Gasteiger partial charge in [0, 0.05) is 30.4 Å². The van der Waals surface area contributed by atoms with Crippen LogP contribution in [0.5, 0.6) is 5.75 Å². The van der Waals surface area contributed by atoms with Crippen molar-refractivity contribution in [3.8, 4) is 16.9 Å². The number of Topliss-reactive ketones (excluding diaryl/α,β-unsaturated/α-hetero) is 4. The number of aliphatic hydroxyl groups is 1. The molecule has 4 aliphatic rings. The third kappa shape index (κ3) is 4.58. The van der Waals surface area contributed by atoms with Gasteiger partial charge in [0.05, 0.1) is 11.5 Å². The number of carbonyl (C=O) groups excluding carboxylic acids is 6. The first-order valence-corrected chi connectivity index (χ1v) is 15.1. The number of primary amides is 1. The van der Waals surface area contributed by atoms with Gasteiger partial charge in [-0.1, -0.05) is 45.0 Å². The predicted octanol–water partition coefficient (Wildman–Crippen LogP) is 2.32. The molecule has 0 aromatic heterocycles. The Bertz CT molecular complexity index is 1650. The van der Waals surface area contributed by atoms with Crippen molar-refractivity contribution in [2.24, 2.45) is 35.3 Å². The largest absolute Gasteiger partial charge is 0.507 e. The second kappa shape index (κ2) is 10.2. The van der Waals surface area contributed by atoms with Crippen LogP contribution in [0.4, 0.5) is 0 Å². The highest BCUT2D eigenvalue weighted by molar-refractivity contribution is 6.31. The minimum absolute atomic E-state index is 0.0173. The number of phenols is 1. The average molecular weight is 601 g/mol. The van der Waals surface area contributed by atoms with Crippen molar-refractivity contribution >= 4 is 34.9 Å². The zero-order valence-electron chi connectivity index (χ0n) is 24.9. The van der Waals surface area contributed by atoms with Crippen molar-refractivity contribution in [1.82, 2.24) is 5.32 Å². The molecule has 10 heteroatoms. The molecule has 6 rings (SSSR count). The lowest BCUT2D eigenvalue weighted by Gasteiger charge is -2.48. The van der Waals surface area contributed by atoms with Crippen LogP contribution in [0.25, 0.3) is 11.1 Å². The van der Waals surface area contributed by atoms with Gasteiger partial charge in [-0.15, -0.1) is 0 Å². The highest BCUT2D eigenvalue weighted by atomic mass is 16.3. The van der Waals surface area contributed by atoms with Crippen LogP contribution < -0.4 is 11.1 Å². The molecule has 5 N–H and O–H groups in total. The Morgan fingerprint density at radius 2 is 1.68 bits per heavy atom. The van der Waals surface area contributed by atoms with E-state index in [1.165, 1.54) is 0 Å². The van der Waals surface area contributed by atoms with Crippen LogP contribution in [-0.2, 0) is 42.4 Å². The van der Waals surface area contributed by atoms with Gasteiger partial charge in [0.15, 0.2) is 34.7 Å². The number of nitrogens with one attached hydrogen (secondary N) is 1. The van der Waals surface area contributed by atoms with E-state index in [2.05, 4.69) is 26.1 Å². The van der Waals surface area contributed by atoms with Crippen LogP contribution in [0.15, 0.2) is 30.3 Å². The second-order valence-electron chi connectivity index (χ2n) is 13.8. The number of ketones is 4. The molecule has 2 unspecified atom stereocenters.